The summed E-state index contributed by atoms with van der Waals surface area (Å²) in [5.41, 5.74) is 7.39. The number of hydrogen-bond acceptors (Lipinski definition) is 1. The van der Waals surface area contributed by atoms with Crippen LogP contribution in [0, 0.1) is 0 Å². The Bertz CT molecular complexity index is 1190. The molecular formula is C25H18NP. The SMILES string of the molecule is c1ccc(-c2ccc3n[pH]c(-c4ccccc4)c3c2-c2ccccc2)cc1. The van der Waals surface area contributed by atoms with Gasteiger partial charge in [0.25, 0.3) is 0 Å². The van der Waals surface area contributed by atoms with E-state index < -0.39 is 0 Å². The van der Waals surface area contributed by atoms with Crippen LogP contribution in [0.25, 0.3) is 44.0 Å². The van der Waals surface area contributed by atoms with E-state index in [-0.39, 0.29) is 0 Å². The summed E-state index contributed by atoms with van der Waals surface area (Å²) in [6.07, 6.45) is 0. The summed E-state index contributed by atoms with van der Waals surface area (Å²) in [5, 5.41) is 2.62. The maximum atomic E-state index is 4.87. The van der Waals surface area contributed by atoms with E-state index in [0.29, 0.717) is 8.35 Å². The molecule has 1 heterocycles. The first-order valence-corrected chi connectivity index (χ1v) is 10.0. The highest BCUT2D eigenvalue weighted by Crippen LogP contribution is 2.45. The van der Waals surface area contributed by atoms with Crippen molar-refractivity contribution in [2.75, 3.05) is 0 Å². The number of nitrogens with zero attached hydrogens (tertiary/aromatic N) is 1. The van der Waals surface area contributed by atoms with E-state index >= 15 is 0 Å². The summed E-state index contributed by atoms with van der Waals surface area (Å²) in [5.74, 6) is 0. The van der Waals surface area contributed by atoms with Crippen LogP contribution in [0.1, 0.15) is 0 Å². The van der Waals surface area contributed by atoms with Gasteiger partial charge in [-0.05, 0) is 42.2 Å². The molecule has 2 heteroatoms. The number of benzene rings is 4. The third kappa shape index (κ3) is 2.87. The standard InChI is InChI=1S/C25H18NP/c1-4-10-18(11-5-1)21-16-17-22-24(23(21)19-12-6-2-7-13-19)25(27-26-22)20-14-8-3-9-15-20/h1-17,27H. The molecule has 0 radical (unpaired) electrons. The molecule has 0 amide bonds. The summed E-state index contributed by atoms with van der Waals surface area (Å²) in [7, 11) is 0.452. The fourth-order valence-corrected chi connectivity index (χ4v) is 4.77. The van der Waals surface area contributed by atoms with Crippen molar-refractivity contribution in [1.29, 1.82) is 0 Å². The van der Waals surface area contributed by atoms with Crippen LogP contribution in [-0.4, -0.2) is 4.75 Å². The molecule has 1 aromatic heterocycles. The molecule has 5 aromatic rings. The Morgan fingerprint density at radius 1 is 0.519 bits per heavy atom. The Balaban J connectivity index is 1.89. The van der Waals surface area contributed by atoms with Crippen molar-refractivity contribution in [2.24, 2.45) is 0 Å². The van der Waals surface area contributed by atoms with Crippen LogP contribution in [0.2, 0.25) is 0 Å². The van der Waals surface area contributed by atoms with Gasteiger partial charge in [-0.3, -0.25) is 0 Å². The normalized spacial score (nSPS) is 11.3. The molecule has 128 valence electrons. The van der Waals surface area contributed by atoms with E-state index in [4.69, 9.17) is 4.75 Å². The number of aromatic nitrogens is 1. The van der Waals surface area contributed by atoms with Crippen LogP contribution in [0.15, 0.2) is 103 Å². The predicted molar refractivity (Wildman–Crippen MR) is 118 cm³/mol. The third-order valence-corrected chi connectivity index (χ3v) is 6.05. The van der Waals surface area contributed by atoms with E-state index in [9.17, 15) is 0 Å². The first kappa shape index (κ1) is 16.1. The summed E-state index contributed by atoms with van der Waals surface area (Å²) >= 11 is 0. The van der Waals surface area contributed by atoms with Crippen molar-refractivity contribution >= 4 is 19.3 Å². The van der Waals surface area contributed by atoms with Crippen LogP contribution in [0.3, 0.4) is 0 Å². The Morgan fingerprint density at radius 2 is 1.07 bits per heavy atom. The van der Waals surface area contributed by atoms with Crippen molar-refractivity contribution in [3.8, 4) is 33.1 Å². The summed E-state index contributed by atoms with van der Waals surface area (Å²) < 4.78 is 4.87. The maximum absolute atomic E-state index is 4.87. The molecule has 0 saturated carbocycles. The number of rotatable bonds is 3. The van der Waals surface area contributed by atoms with Gasteiger partial charge in [0.05, 0.1) is 5.52 Å². The van der Waals surface area contributed by atoms with Gasteiger partial charge in [0.2, 0.25) is 0 Å². The largest absolute Gasteiger partial charge is 0.240 e. The lowest BCUT2D eigenvalue weighted by atomic mass is 9.90. The molecular weight excluding hydrogens is 345 g/mol. The first-order valence-electron chi connectivity index (χ1n) is 9.09. The van der Waals surface area contributed by atoms with E-state index in [2.05, 4.69) is 103 Å². The van der Waals surface area contributed by atoms with Gasteiger partial charge in [0, 0.05) is 10.7 Å². The molecule has 27 heavy (non-hydrogen) atoms. The summed E-state index contributed by atoms with van der Waals surface area (Å²) in [4.78, 5) is 0. The smallest absolute Gasteiger partial charge is 0.0757 e. The fraction of sp³-hybridized carbons (Fsp3) is 0. The van der Waals surface area contributed by atoms with Gasteiger partial charge in [-0.1, -0.05) is 97.1 Å². The third-order valence-electron chi connectivity index (χ3n) is 4.93. The molecule has 0 aliphatic carbocycles. The maximum Gasteiger partial charge on any atom is 0.0757 e. The molecule has 0 bridgehead atoms. The lowest BCUT2D eigenvalue weighted by molar-refractivity contribution is 1.60. The van der Waals surface area contributed by atoms with Crippen LogP contribution in [-0.2, 0) is 0 Å². The Morgan fingerprint density at radius 3 is 1.70 bits per heavy atom. The quantitative estimate of drug-likeness (QED) is 0.328. The number of hydrogen-bond donors (Lipinski definition) is 0. The minimum Gasteiger partial charge on any atom is -0.240 e. The van der Waals surface area contributed by atoms with Crippen molar-refractivity contribution < 1.29 is 0 Å². The van der Waals surface area contributed by atoms with Crippen LogP contribution >= 0.6 is 8.35 Å². The van der Waals surface area contributed by atoms with E-state index in [1.165, 1.54) is 38.5 Å². The van der Waals surface area contributed by atoms with Gasteiger partial charge < -0.3 is 0 Å². The molecule has 1 unspecified atom stereocenters. The van der Waals surface area contributed by atoms with E-state index in [0.717, 1.165) is 5.52 Å². The molecule has 1 atom stereocenters. The van der Waals surface area contributed by atoms with Gasteiger partial charge in [-0.15, -0.1) is 0 Å². The van der Waals surface area contributed by atoms with Crippen LogP contribution in [0.5, 0.6) is 0 Å². The van der Waals surface area contributed by atoms with Gasteiger partial charge in [-0.25, -0.2) is 4.75 Å². The van der Waals surface area contributed by atoms with E-state index in [1.807, 2.05) is 0 Å². The van der Waals surface area contributed by atoms with Crippen molar-refractivity contribution in [2.45, 2.75) is 0 Å². The van der Waals surface area contributed by atoms with Crippen molar-refractivity contribution in [3.63, 3.8) is 0 Å². The van der Waals surface area contributed by atoms with Crippen LogP contribution < -0.4 is 0 Å². The monoisotopic (exact) mass is 363 g/mol. The molecule has 0 saturated heterocycles. The highest BCUT2D eigenvalue weighted by atomic mass is 31.0. The summed E-state index contributed by atoms with van der Waals surface area (Å²) in [6, 6.07) is 36.4. The van der Waals surface area contributed by atoms with Gasteiger partial charge in [0.1, 0.15) is 0 Å². The van der Waals surface area contributed by atoms with Gasteiger partial charge in [-0.2, -0.15) is 0 Å². The molecule has 0 fully saturated rings. The average molecular weight is 363 g/mol. The van der Waals surface area contributed by atoms with Crippen molar-refractivity contribution in [1.82, 2.24) is 4.75 Å². The minimum atomic E-state index is 0.452. The Labute approximate surface area is 160 Å². The minimum absolute atomic E-state index is 0.452. The predicted octanol–water partition coefficient (Wildman–Crippen LogP) is 7.27. The molecule has 0 aliphatic heterocycles. The average Bonchev–Trinajstić information content (AvgIpc) is 3.19. The second kappa shape index (κ2) is 6.87. The molecule has 1 nitrogen and oxygen atoms in total. The molecule has 0 spiro atoms. The summed E-state index contributed by atoms with van der Waals surface area (Å²) in [6.45, 7) is 0. The van der Waals surface area contributed by atoms with Gasteiger partial charge in [0.15, 0.2) is 0 Å². The van der Waals surface area contributed by atoms with E-state index in [1.54, 1.807) is 0 Å². The zero-order chi connectivity index (χ0) is 18.1. The zero-order valence-electron chi connectivity index (χ0n) is 14.8. The fourth-order valence-electron chi connectivity index (χ4n) is 3.69. The van der Waals surface area contributed by atoms with Crippen LogP contribution in [0.4, 0.5) is 0 Å². The first-order chi connectivity index (χ1) is 13.4. The second-order valence-electron chi connectivity index (χ2n) is 6.58. The lowest BCUT2D eigenvalue weighted by Gasteiger charge is -2.13. The Hall–Kier alpha value is -3.15. The second-order valence-corrected chi connectivity index (χ2v) is 7.53. The molecule has 0 N–H and O–H groups in total. The van der Waals surface area contributed by atoms with Crippen molar-refractivity contribution in [3.05, 3.63) is 103 Å². The topological polar surface area (TPSA) is 12.9 Å². The highest BCUT2D eigenvalue weighted by molar-refractivity contribution is 7.30. The molecule has 0 aliphatic rings. The highest BCUT2D eigenvalue weighted by Gasteiger charge is 2.17. The Kier molecular flexibility index (Phi) is 4.08. The molecule has 4 aromatic carbocycles. The lowest BCUT2D eigenvalue weighted by Crippen LogP contribution is -1.88. The zero-order valence-corrected chi connectivity index (χ0v) is 15.8. The number of fused-ring (bicyclic) bond motifs is 1. The van der Waals surface area contributed by atoms with Gasteiger partial charge >= 0.3 is 0 Å². The molecule has 5 rings (SSSR count).